The first-order valence-electron chi connectivity index (χ1n) is 9.38. The fourth-order valence-corrected chi connectivity index (χ4v) is 3.37. The quantitative estimate of drug-likeness (QED) is 0.784. The van der Waals surface area contributed by atoms with Gasteiger partial charge in [0.1, 0.15) is 0 Å². The van der Waals surface area contributed by atoms with Crippen LogP contribution in [0.5, 0.6) is 5.75 Å². The molecule has 2 aliphatic heterocycles. The minimum atomic E-state index is -0.595. The minimum Gasteiger partial charge on any atom is -0.504 e. The highest BCUT2D eigenvalue weighted by Gasteiger charge is 2.30. The molecule has 146 valence electrons. The number of hydrogen-bond acceptors (Lipinski definition) is 8. The summed E-state index contributed by atoms with van der Waals surface area (Å²) in [4.78, 5) is 23.0. The second-order valence-electron chi connectivity index (χ2n) is 6.54. The molecule has 28 heavy (non-hydrogen) atoms. The van der Waals surface area contributed by atoms with Crippen LogP contribution in [-0.4, -0.2) is 55.1 Å². The SMILES string of the molecule is CCOC(=O)c1c(N2CCCNCC2)oc(C=C2C=Nc3ncccc32)c1O. The molecule has 0 aliphatic carbocycles. The highest BCUT2D eigenvalue weighted by Crippen LogP contribution is 2.40. The van der Waals surface area contributed by atoms with Crippen molar-refractivity contribution in [2.45, 2.75) is 13.3 Å². The monoisotopic (exact) mass is 382 g/mol. The third kappa shape index (κ3) is 3.38. The number of rotatable bonds is 4. The molecule has 8 heteroatoms. The summed E-state index contributed by atoms with van der Waals surface area (Å²) in [5.41, 5.74) is 1.67. The van der Waals surface area contributed by atoms with Crippen molar-refractivity contribution < 1.29 is 19.1 Å². The van der Waals surface area contributed by atoms with Gasteiger partial charge < -0.3 is 24.5 Å². The number of esters is 1. The largest absolute Gasteiger partial charge is 0.504 e. The lowest BCUT2D eigenvalue weighted by Gasteiger charge is -2.19. The second-order valence-corrected chi connectivity index (χ2v) is 6.54. The van der Waals surface area contributed by atoms with E-state index in [1.807, 2.05) is 17.0 Å². The van der Waals surface area contributed by atoms with Gasteiger partial charge in [-0.3, -0.25) is 0 Å². The molecule has 0 bridgehead atoms. The Morgan fingerprint density at radius 3 is 3.18 bits per heavy atom. The van der Waals surface area contributed by atoms with Crippen molar-refractivity contribution in [2.75, 3.05) is 37.7 Å². The smallest absolute Gasteiger partial charge is 0.347 e. The zero-order chi connectivity index (χ0) is 19.5. The average molecular weight is 382 g/mol. The molecular formula is C20H22N4O4. The number of fused-ring (bicyclic) bond motifs is 1. The number of pyridine rings is 1. The number of nitrogens with one attached hydrogen (secondary N) is 1. The number of aromatic nitrogens is 1. The van der Waals surface area contributed by atoms with Crippen molar-refractivity contribution in [1.29, 1.82) is 0 Å². The number of aliphatic imine (C=N–C) groups is 1. The van der Waals surface area contributed by atoms with E-state index in [9.17, 15) is 9.90 Å². The Morgan fingerprint density at radius 2 is 2.32 bits per heavy atom. The van der Waals surface area contributed by atoms with E-state index in [2.05, 4.69) is 15.3 Å². The predicted octanol–water partition coefficient (Wildman–Crippen LogP) is 2.61. The van der Waals surface area contributed by atoms with E-state index in [4.69, 9.17) is 9.15 Å². The maximum atomic E-state index is 12.5. The molecule has 0 spiro atoms. The summed E-state index contributed by atoms with van der Waals surface area (Å²) < 4.78 is 11.1. The second kappa shape index (κ2) is 7.85. The number of furan rings is 1. The molecule has 4 rings (SSSR count). The molecule has 4 heterocycles. The van der Waals surface area contributed by atoms with Crippen LogP contribution in [0.1, 0.15) is 35.0 Å². The molecule has 0 amide bonds. The molecule has 2 aliphatic rings. The number of nitrogens with zero attached hydrogens (tertiary/aromatic N) is 3. The predicted molar refractivity (Wildman–Crippen MR) is 106 cm³/mol. The Labute approximate surface area is 162 Å². The van der Waals surface area contributed by atoms with Gasteiger partial charge in [0.05, 0.1) is 6.61 Å². The lowest BCUT2D eigenvalue weighted by molar-refractivity contribution is 0.0523. The van der Waals surface area contributed by atoms with Crippen LogP contribution >= 0.6 is 0 Å². The van der Waals surface area contributed by atoms with E-state index in [0.29, 0.717) is 18.2 Å². The van der Waals surface area contributed by atoms with Crippen molar-refractivity contribution in [3.05, 3.63) is 35.2 Å². The van der Waals surface area contributed by atoms with Gasteiger partial charge >= 0.3 is 5.97 Å². The maximum Gasteiger partial charge on any atom is 0.347 e. The van der Waals surface area contributed by atoms with Gasteiger partial charge in [-0.05, 0) is 38.1 Å². The van der Waals surface area contributed by atoms with E-state index in [1.165, 1.54) is 0 Å². The molecule has 0 atom stereocenters. The molecule has 0 unspecified atom stereocenters. The van der Waals surface area contributed by atoms with Crippen LogP contribution in [-0.2, 0) is 4.74 Å². The van der Waals surface area contributed by atoms with Gasteiger partial charge in [-0.2, -0.15) is 0 Å². The highest BCUT2D eigenvalue weighted by molar-refractivity contribution is 6.21. The van der Waals surface area contributed by atoms with Crippen molar-refractivity contribution in [3.63, 3.8) is 0 Å². The molecular weight excluding hydrogens is 360 g/mol. The Bertz CT molecular complexity index is 940. The van der Waals surface area contributed by atoms with Gasteiger partial charge in [0.25, 0.3) is 0 Å². The fourth-order valence-electron chi connectivity index (χ4n) is 3.37. The van der Waals surface area contributed by atoms with Gasteiger partial charge in [-0.1, -0.05) is 0 Å². The normalized spacial score (nSPS) is 17.6. The number of hydrogen-bond donors (Lipinski definition) is 2. The maximum absolute atomic E-state index is 12.5. The first-order valence-corrected chi connectivity index (χ1v) is 9.38. The third-order valence-electron chi connectivity index (χ3n) is 4.71. The van der Waals surface area contributed by atoms with Gasteiger partial charge in [-0.25, -0.2) is 14.8 Å². The number of anilines is 1. The number of aromatic hydroxyl groups is 1. The molecule has 8 nitrogen and oxygen atoms in total. The first-order chi connectivity index (χ1) is 13.7. The number of carbonyl (C=O) groups excluding carboxylic acids is 1. The van der Waals surface area contributed by atoms with E-state index in [1.54, 1.807) is 25.4 Å². The van der Waals surface area contributed by atoms with Crippen LogP contribution in [0.25, 0.3) is 11.6 Å². The Morgan fingerprint density at radius 1 is 1.43 bits per heavy atom. The average Bonchev–Trinajstić information content (AvgIpc) is 3.12. The molecule has 0 aromatic carbocycles. The van der Waals surface area contributed by atoms with Crippen molar-refractivity contribution >= 4 is 35.5 Å². The van der Waals surface area contributed by atoms with E-state index >= 15 is 0 Å². The van der Waals surface area contributed by atoms with Crippen molar-refractivity contribution in [2.24, 2.45) is 4.99 Å². The van der Waals surface area contributed by atoms with Crippen LogP contribution in [0.15, 0.2) is 27.7 Å². The lowest BCUT2D eigenvalue weighted by Crippen LogP contribution is -2.28. The van der Waals surface area contributed by atoms with E-state index in [0.717, 1.165) is 37.2 Å². The van der Waals surface area contributed by atoms with Crippen LogP contribution in [0.4, 0.5) is 11.7 Å². The topological polar surface area (TPSA) is 100 Å². The van der Waals surface area contributed by atoms with Crippen molar-refractivity contribution in [3.8, 4) is 5.75 Å². The van der Waals surface area contributed by atoms with Crippen LogP contribution in [0, 0.1) is 0 Å². The van der Waals surface area contributed by atoms with Crippen LogP contribution < -0.4 is 10.2 Å². The Hall–Kier alpha value is -3.13. The molecule has 1 fully saturated rings. The summed E-state index contributed by atoms with van der Waals surface area (Å²) in [5, 5.41) is 14.1. The van der Waals surface area contributed by atoms with Gasteiger partial charge in [0, 0.05) is 43.2 Å². The summed E-state index contributed by atoms with van der Waals surface area (Å²) in [7, 11) is 0. The summed E-state index contributed by atoms with van der Waals surface area (Å²) in [5.74, 6) is 0.345. The number of carbonyl (C=O) groups is 1. The first kappa shape index (κ1) is 18.2. The lowest BCUT2D eigenvalue weighted by atomic mass is 10.1. The molecule has 1 saturated heterocycles. The molecule has 2 aromatic rings. The van der Waals surface area contributed by atoms with Gasteiger partial charge in [0.2, 0.25) is 5.88 Å². The molecule has 0 radical (unpaired) electrons. The summed E-state index contributed by atoms with van der Waals surface area (Å²) in [6, 6.07) is 3.72. The van der Waals surface area contributed by atoms with Crippen molar-refractivity contribution in [1.82, 2.24) is 10.3 Å². The summed E-state index contributed by atoms with van der Waals surface area (Å²) >= 11 is 0. The van der Waals surface area contributed by atoms with Gasteiger partial charge in [-0.15, -0.1) is 0 Å². The fraction of sp³-hybridized carbons (Fsp3) is 0.350. The van der Waals surface area contributed by atoms with Gasteiger partial charge in [0.15, 0.2) is 22.9 Å². The minimum absolute atomic E-state index is 0.0666. The number of allylic oxidation sites excluding steroid dienone is 1. The zero-order valence-corrected chi connectivity index (χ0v) is 15.6. The zero-order valence-electron chi connectivity index (χ0n) is 15.6. The molecule has 0 saturated carbocycles. The van der Waals surface area contributed by atoms with E-state index < -0.39 is 5.97 Å². The Balaban J connectivity index is 1.76. The van der Waals surface area contributed by atoms with Crippen LogP contribution in [0.2, 0.25) is 0 Å². The molecule has 2 aromatic heterocycles. The third-order valence-corrected chi connectivity index (χ3v) is 4.71. The highest BCUT2D eigenvalue weighted by atomic mass is 16.5. The van der Waals surface area contributed by atoms with E-state index in [-0.39, 0.29) is 23.7 Å². The summed E-state index contributed by atoms with van der Waals surface area (Å²) in [6.45, 7) is 5.00. The Kier molecular flexibility index (Phi) is 5.12. The van der Waals surface area contributed by atoms with Crippen LogP contribution in [0.3, 0.4) is 0 Å². The standard InChI is InChI=1S/C20H22N4O4/c1-2-27-20(26)16-17(25)15(28-19(16)24-9-4-6-21-8-10-24)11-13-12-23-18-14(13)5-3-7-22-18/h3,5,7,11-12,21,25H,2,4,6,8-10H2,1H3. The number of ether oxygens (including phenoxy) is 1. The molecule has 2 N–H and O–H groups in total. The summed E-state index contributed by atoms with van der Waals surface area (Å²) in [6.07, 6.45) is 5.92.